The molecule has 0 unspecified atom stereocenters. The Balaban J connectivity index is 3.15. The van der Waals surface area contributed by atoms with Crippen molar-refractivity contribution in [3.05, 3.63) is 16.4 Å². The minimum atomic E-state index is -0.0209. The lowest BCUT2D eigenvalue weighted by atomic mass is 10.3. The van der Waals surface area contributed by atoms with E-state index in [2.05, 4.69) is 21.0 Å². The molecule has 0 N–H and O–H groups in total. The van der Waals surface area contributed by atoms with Crippen LogP contribution in [0.1, 0.15) is 17.4 Å². The van der Waals surface area contributed by atoms with Crippen LogP contribution in [-0.4, -0.2) is 15.6 Å². The highest BCUT2D eigenvalue weighted by Gasteiger charge is 2.07. The van der Waals surface area contributed by atoms with E-state index in [0.717, 1.165) is 4.47 Å². The van der Waals surface area contributed by atoms with E-state index < -0.39 is 0 Å². The van der Waals surface area contributed by atoms with Crippen molar-refractivity contribution >= 4 is 21.7 Å². The summed E-state index contributed by atoms with van der Waals surface area (Å²) in [6, 6.07) is 0. The largest absolute Gasteiger partial charge is 0.293 e. The molecule has 0 saturated heterocycles. The topological polar surface area (TPSA) is 34.9 Å². The summed E-state index contributed by atoms with van der Waals surface area (Å²) in [4.78, 5) is 10.8. The first-order valence-corrected chi connectivity index (χ1v) is 3.60. The predicted molar refractivity (Wildman–Crippen MR) is 40.9 cm³/mol. The molecule has 4 heteroatoms. The summed E-state index contributed by atoms with van der Waals surface area (Å²) in [6.07, 6.45) is 1.75. The summed E-state index contributed by atoms with van der Waals surface area (Å²) >= 11 is 3.21. The number of halogens is 1. The van der Waals surface area contributed by atoms with Crippen molar-refractivity contribution in [3.63, 3.8) is 0 Å². The molecule has 1 aromatic rings. The number of aromatic nitrogens is 2. The normalized spacial score (nSPS) is 9.90. The van der Waals surface area contributed by atoms with Crippen molar-refractivity contribution < 1.29 is 4.79 Å². The molecule has 3 nitrogen and oxygen atoms in total. The van der Waals surface area contributed by atoms with Crippen molar-refractivity contribution in [1.29, 1.82) is 0 Å². The van der Waals surface area contributed by atoms with Crippen molar-refractivity contribution in [1.82, 2.24) is 9.78 Å². The zero-order chi connectivity index (χ0) is 7.72. The van der Waals surface area contributed by atoms with Gasteiger partial charge >= 0.3 is 0 Å². The molecule has 0 fully saturated rings. The van der Waals surface area contributed by atoms with E-state index in [9.17, 15) is 4.79 Å². The summed E-state index contributed by atoms with van der Waals surface area (Å²) in [5, 5.41) is 3.93. The Morgan fingerprint density at radius 1 is 1.80 bits per heavy atom. The Morgan fingerprint density at radius 2 is 2.40 bits per heavy atom. The van der Waals surface area contributed by atoms with Gasteiger partial charge in [-0.15, -0.1) is 0 Å². The van der Waals surface area contributed by atoms with Gasteiger partial charge in [0.25, 0.3) is 0 Å². The first-order valence-electron chi connectivity index (χ1n) is 2.81. The molecule has 1 heterocycles. The van der Waals surface area contributed by atoms with Crippen molar-refractivity contribution in [2.45, 2.75) is 6.92 Å². The molecule has 0 aliphatic carbocycles. The van der Waals surface area contributed by atoms with Crippen LogP contribution in [-0.2, 0) is 7.05 Å². The van der Waals surface area contributed by atoms with Gasteiger partial charge in [-0.2, -0.15) is 5.10 Å². The molecule has 0 spiro atoms. The van der Waals surface area contributed by atoms with Gasteiger partial charge < -0.3 is 0 Å². The number of Topliss-reactive ketones (excluding diaryl/α,β-unsaturated/α-hetero) is 1. The number of aryl methyl sites for hydroxylation is 1. The summed E-state index contributed by atoms with van der Waals surface area (Å²) in [5.41, 5.74) is 0.488. The van der Waals surface area contributed by atoms with Crippen LogP contribution >= 0.6 is 15.9 Å². The Morgan fingerprint density at radius 3 is 2.60 bits per heavy atom. The van der Waals surface area contributed by atoms with Gasteiger partial charge in [0.2, 0.25) is 0 Å². The minimum absolute atomic E-state index is 0.0209. The van der Waals surface area contributed by atoms with E-state index in [1.807, 2.05) is 0 Å². The van der Waals surface area contributed by atoms with Gasteiger partial charge in [-0.1, -0.05) is 0 Å². The van der Waals surface area contributed by atoms with E-state index in [4.69, 9.17) is 0 Å². The standard InChI is InChI=1S/C6H7BrN2O/c1-4(10)6-5(7)3-9(2)8-6/h3H,1-2H3. The molecule has 0 aliphatic rings. The van der Waals surface area contributed by atoms with Crippen LogP contribution in [0.25, 0.3) is 0 Å². The summed E-state index contributed by atoms with van der Waals surface area (Å²) in [7, 11) is 1.78. The van der Waals surface area contributed by atoms with Crippen LogP contribution in [0.3, 0.4) is 0 Å². The number of carbonyl (C=O) groups excluding carboxylic acids is 1. The summed E-state index contributed by atoms with van der Waals surface area (Å²) < 4.78 is 2.35. The zero-order valence-corrected chi connectivity index (χ0v) is 7.34. The molecule has 10 heavy (non-hydrogen) atoms. The summed E-state index contributed by atoms with van der Waals surface area (Å²) in [6.45, 7) is 1.49. The fourth-order valence-corrected chi connectivity index (χ4v) is 1.35. The number of rotatable bonds is 1. The van der Waals surface area contributed by atoms with Crippen LogP contribution in [0, 0.1) is 0 Å². The van der Waals surface area contributed by atoms with Gasteiger partial charge in [-0.25, -0.2) is 0 Å². The van der Waals surface area contributed by atoms with Gasteiger partial charge in [0.1, 0.15) is 5.69 Å². The molecule has 54 valence electrons. The quantitative estimate of drug-likeness (QED) is 0.646. The highest BCUT2D eigenvalue weighted by molar-refractivity contribution is 9.10. The van der Waals surface area contributed by atoms with E-state index in [0.29, 0.717) is 5.69 Å². The molecule has 1 rings (SSSR count). The van der Waals surface area contributed by atoms with E-state index in [1.165, 1.54) is 6.92 Å². The molecule has 0 aliphatic heterocycles. The first kappa shape index (κ1) is 7.47. The maximum absolute atomic E-state index is 10.8. The maximum atomic E-state index is 10.8. The molecular formula is C6H7BrN2O. The third-order valence-electron chi connectivity index (χ3n) is 1.12. The van der Waals surface area contributed by atoms with Crippen molar-refractivity contribution in [2.24, 2.45) is 7.05 Å². The molecule has 0 bridgehead atoms. The van der Waals surface area contributed by atoms with Crippen LogP contribution in [0.4, 0.5) is 0 Å². The number of carbonyl (C=O) groups is 1. The Hall–Kier alpha value is -0.640. The highest BCUT2D eigenvalue weighted by Crippen LogP contribution is 2.13. The van der Waals surface area contributed by atoms with Crippen LogP contribution in [0.5, 0.6) is 0 Å². The first-order chi connectivity index (χ1) is 4.61. The Kier molecular flexibility index (Phi) is 1.89. The van der Waals surface area contributed by atoms with Crippen molar-refractivity contribution in [3.8, 4) is 0 Å². The molecule has 0 atom stereocenters. The van der Waals surface area contributed by atoms with Crippen LogP contribution < -0.4 is 0 Å². The second kappa shape index (κ2) is 2.54. The van der Waals surface area contributed by atoms with Gasteiger partial charge in [-0.3, -0.25) is 9.48 Å². The predicted octanol–water partition coefficient (Wildman–Crippen LogP) is 1.39. The fraction of sp³-hybridized carbons (Fsp3) is 0.333. The fourth-order valence-electron chi connectivity index (χ4n) is 0.698. The Labute approximate surface area is 67.2 Å². The van der Waals surface area contributed by atoms with Gasteiger partial charge in [0, 0.05) is 20.2 Å². The monoisotopic (exact) mass is 202 g/mol. The van der Waals surface area contributed by atoms with E-state index >= 15 is 0 Å². The van der Waals surface area contributed by atoms with Gasteiger partial charge in [0.05, 0.1) is 4.47 Å². The average molecular weight is 203 g/mol. The van der Waals surface area contributed by atoms with Gasteiger partial charge in [-0.05, 0) is 15.9 Å². The molecule has 1 aromatic heterocycles. The number of ketones is 1. The number of hydrogen-bond acceptors (Lipinski definition) is 2. The number of hydrogen-bond donors (Lipinski definition) is 0. The van der Waals surface area contributed by atoms with Gasteiger partial charge in [0.15, 0.2) is 5.78 Å². The second-order valence-electron chi connectivity index (χ2n) is 2.06. The lowest BCUT2D eigenvalue weighted by Crippen LogP contribution is -1.95. The molecule has 0 aromatic carbocycles. The Bertz CT molecular complexity index is 267. The van der Waals surface area contributed by atoms with Crippen molar-refractivity contribution in [2.75, 3.05) is 0 Å². The third-order valence-corrected chi connectivity index (χ3v) is 1.70. The van der Waals surface area contributed by atoms with Crippen LogP contribution in [0.2, 0.25) is 0 Å². The molecular weight excluding hydrogens is 196 g/mol. The zero-order valence-electron chi connectivity index (χ0n) is 5.76. The highest BCUT2D eigenvalue weighted by atomic mass is 79.9. The van der Waals surface area contributed by atoms with E-state index in [-0.39, 0.29) is 5.78 Å². The molecule has 0 saturated carbocycles. The lowest BCUT2D eigenvalue weighted by molar-refractivity contribution is 0.101. The second-order valence-corrected chi connectivity index (χ2v) is 2.91. The van der Waals surface area contributed by atoms with E-state index in [1.54, 1.807) is 17.9 Å². The lowest BCUT2D eigenvalue weighted by Gasteiger charge is -1.85. The SMILES string of the molecule is CC(=O)c1nn(C)cc1Br. The maximum Gasteiger partial charge on any atom is 0.181 e. The molecule has 0 radical (unpaired) electrons. The third kappa shape index (κ3) is 1.26. The van der Waals surface area contributed by atoms with Crippen LogP contribution in [0.15, 0.2) is 10.7 Å². The average Bonchev–Trinajstić information content (AvgIpc) is 2.10. The summed E-state index contributed by atoms with van der Waals surface area (Å²) in [5.74, 6) is -0.0209. The minimum Gasteiger partial charge on any atom is -0.293 e. The molecule has 0 amide bonds. The number of nitrogens with zero attached hydrogens (tertiary/aromatic N) is 2. The smallest absolute Gasteiger partial charge is 0.181 e.